The molecule has 0 saturated carbocycles. The average molecular weight is 1050 g/mol. The number of aryl methyl sites for hydroxylation is 1. The summed E-state index contributed by atoms with van der Waals surface area (Å²) in [5.74, 6) is 0. The maximum absolute atomic E-state index is 2.53. The zero-order valence-electron chi connectivity index (χ0n) is 45.5. The maximum atomic E-state index is 2.53. The summed E-state index contributed by atoms with van der Waals surface area (Å²) >= 11 is 0. The summed E-state index contributed by atoms with van der Waals surface area (Å²) in [6.07, 6.45) is 2.07. The molecule has 0 aliphatic heterocycles. The number of aromatic nitrogens is 2. The van der Waals surface area contributed by atoms with Gasteiger partial charge >= 0.3 is 0 Å². The number of fused-ring (bicyclic) bond motifs is 16. The summed E-state index contributed by atoms with van der Waals surface area (Å²) in [4.78, 5) is 0. The summed E-state index contributed by atoms with van der Waals surface area (Å²) in [6, 6.07) is 110. The molecule has 0 unspecified atom stereocenters. The van der Waals surface area contributed by atoms with E-state index in [1.54, 1.807) is 0 Å². The third-order valence-electron chi connectivity index (χ3n) is 18.9. The van der Waals surface area contributed by atoms with Crippen LogP contribution in [0.5, 0.6) is 0 Å². The lowest BCUT2D eigenvalue weighted by Gasteiger charge is -2.29. The van der Waals surface area contributed by atoms with E-state index in [-0.39, 0.29) is 5.41 Å². The first kappa shape index (κ1) is 46.2. The fourth-order valence-corrected chi connectivity index (χ4v) is 14.9. The van der Waals surface area contributed by atoms with Crippen LogP contribution in [0.1, 0.15) is 28.7 Å². The standard InChI is InChI=1S/C81H52N2/c1-3-14-58-44-66(35-29-51(58)11-1)82-77-19-9-7-17-70(77)72-46-61(33-39-79(72)82)53-21-25-55(26-22-53)63-31-37-68-69-38-32-64(50-76(69)81(75(68)49-63)42-41-65-43-57-13-5-6-16-60(57)48-74(65)81)56-27-23-54(24-28-56)62-34-40-80-73(47-62)71-18-8-10-20-78(71)83(80)67-36-30-52-12-2-4-15-59(52)45-67/h1-40,43-50H,41-42H2. The van der Waals surface area contributed by atoms with Gasteiger partial charge in [0.2, 0.25) is 0 Å². The molecule has 0 N–H and O–H groups in total. The molecule has 18 rings (SSSR count). The van der Waals surface area contributed by atoms with Crippen molar-refractivity contribution in [2.45, 2.75) is 18.3 Å². The van der Waals surface area contributed by atoms with Crippen LogP contribution in [0.15, 0.2) is 291 Å². The van der Waals surface area contributed by atoms with Crippen LogP contribution in [0.25, 0.3) is 143 Å². The Kier molecular flexibility index (Phi) is 9.88. The van der Waals surface area contributed by atoms with E-state index in [9.17, 15) is 0 Å². The van der Waals surface area contributed by atoms with E-state index >= 15 is 0 Å². The van der Waals surface area contributed by atoms with Gasteiger partial charge in [0.05, 0.1) is 22.1 Å². The Morgan fingerprint density at radius 1 is 0.241 bits per heavy atom. The number of rotatable bonds is 6. The number of para-hydroxylation sites is 2. The average Bonchev–Trinajstić information content (AvgIpc) is 2.56. The Bertz CT molecular complexity index is 5090. The number of benzene rings is 14. The van der Waals surface area contributed by atoms with Crippen molar-refractivity contribution in [3.63, 3.8) is 0 Å². The molecule has 2 aromatic heterocycles. The van der Waals surface area contributed by atoms with E-state index in [4.69, 9.17) is 0 Å². The molecule has 0 fully saturated rings. The zero-order chi connectivity index (χ0) is 54.3. The molecule has 0 bridgehead atoms. The van der Waals surface area contributed by atoms with Crippen LogP contribution in [0.4, 0.5) is 0 Å². The van der Waals surface area contributed by atoms with E-state index in [2.05, 4.69) is 300 Å². The number of hydrogen-bond donors (Lipinski definition) is 0. The van der Waals surface area contributed by atoms with Crippen LogP contribution in [0.2, 0.25) is 0 Å². The molecule has 16 aromatic rings. The zero-order valence-corrected chi connectivity index (χ0v) is 45.5. The van der Waals surface area contributed by atoms with E-state index in [0.29, 0.717) is 0 Å². The molecule has 0 atom stereocenters. The van der Waals surface area contributed by atoms with Crippen molar-refractivity contribution in [1.29, 1.82) is 0 Å². The second-order valence-corrected chi connectivity index (χ2v) is 23.2. The summed E-state index contributed by atoms with van der Waals surface area (Å²) in [5, 5.41) is 12.6. The van der Waals surface area contributed by atoms with Crippen molar-refractivity contribution >= 4 is 75.9 Å². The molecule has 0 saturated heterocycles. The van der Waals surface area contributed by atoms with Gasteiger partial charge in [0.15, 0.2) is 0 Å². The first-order chi connectivity index (χ1) is 41.1. The molecule has 0 radical (unpaired) electrons. The molecule has 83 heavy (non-hydrogen) atoms. The van der Waals surface area contributed by atoms with Crippen molar-refractivity contribution in [2.75, 3.05) is 0 Å². The van der Waals surface area contributed by atoms with Gasteiger partial charge in [0.1, 0.15) is 0 Å². The first-order valence-electron chi connectivity index (χ1n) is 29.2. The fourth-order valence-electron chi connectivity index (χ4n) is 14.9. The third-order valence-corrected chi connectivity index (χ3v) is 18.9. The highest BCUT2D eigenvalue weighted by Crippen LogP contribution is 2.60. The molecule has 0 amide bonds. The maximum Gasteiger partial charge on any atom is 0.0541 e. The van der Waals surface area contributed by atoms with Gasteiger partial charge < -0.3 is 9.13 Å². The second kappa shape index (κ2) is 17.7. The molecule has 2 heteroatoms. The lowest BCUT2D eigenvalue weighted by molar-refractivity contribution is 0.627. The van der Waals surface area contributed by atoms with Crippen molar-refractivity contribution in [2.24, 2.45) is 0 Å². The van der Waals surface area contributed by atoms with Gasteiger partial charge in [0, 0.05) is 38.3 Å². The van der Waals surface area contributed by atoms with Crippen LogP contribution in [0.3, 0.4) is 0 Å². The molecule has 2 aliphatic carbocycles. The van der Waals surface area contributed by atoms with Crippen molar-refractivity contribution in [3.8, 4) is 67.0 Å². The van der Waals surface area contributed by atoms with Crippen LogP contribution in [0, 0.1) is 0 Å². The van der Waals surface area contributed by atoms with Crippen LogP contribution >= 0.6 is 0 Å². The van der Waals surface area contributed by atoms with Crippen LogP contribution in [-0.2, 0) is 11.8 Å². The normalized spacial score (nSPS) is 13.3. The van der Waals surface area contributed by atoms with E-state index in [1.165, 1.54) is 165 Å². The highest BCUT2D eigenvalue weighted by atomic mass is 15.0. The van der Waals surface area contributed by atoms with Gasteiger partial charge in [-0.2, -0.15) is 0 Å². The van der Waals surface area contributed by atoms with Crippen molar-refractivity contribution < 1.29 is 0 Å². The molecule has 2 heterocycles. The summed E-state index contributed by atoms with van der Waals surface area (Å²) in [7, 11) is 0. The van der Waals surface area contributed by atoms with E-state index in [1.807, 2.05) is 0 Å². The Labute approximate surface area is 481 Å². The Hall–Kier alpha value is -10.5. The van der Waals surface area contributed by atoms with Crippen LogP contribution in [-0.4, -0.2) is 9.13 Å². The monoisotopic (exact) mass is 1050 g/mol. The van der Waals surface area contributed by atoms with Gasteiger partial charge in [-0.1, -0.05) is 212 Å². The molecule has 2 aliphatic rings. The molecule has 14 aromatic carbocycles. The predicted molar refractivity (Wildman–Crippen MR) is 349 cm³/mol. The van der Waals surface area contributed by atoms with E-state index in [0.717, 1.165) is 12.8 Å². The molecule has 2 nitrogen and oxygen atoms in total. The topological polar surface area (TPSA) is 9.86 Å². The number of hydrogen-bond acceptors (Lipinski definition) is 0. The SMILES string of the molecule is c1ccc2cc(-n3c4ccccc4c4cc(-c5ccc(-c6ccc7c(c6)C6(CCc8cc9ccccc9cc86)c6cc(-c8ccc(-c9ccc%10c(c9)c9ccccc9n%10-c9ccc%10ccccc%10c9)cc8)ccc6-7)cc5)ccc43)ccc2c1. The summed E-state index contributed by atoms with van der Waals surface area (Å²) < 4.78 is 4.84. The van der Waals surface area contributed by atoms with Gasteiger partial charge in [-0.15, -0.1) is 0 Å². The van der Waals surface area contributed by atoms with E-state index < -0.39 is 0 Å². The van der Waals surface area contributed by atoms with Gasteiger partial charge in [-0.25, -0.2) is 0 Å². The van der Waals surface area contributed by atoms with Crippen molar-refractivity contribution in [3.05, 3.63) is 313 Å². The lowest BCUT2D eigenvalue weighted by Crippen LogP contribution is -2.23. The number of nitrogens with zero attached hydrogens (tertiary/aromatic N) is 2. The quantitative estimate of drug-likeness (QED) is 0.157. The largest absolute Gasteiger partial charge is 0.309 e. The first-order valence-corrected chi connectivity index (χ1v) is 29.2. The van der Waals surface area contributed by atoms with Crippen molar-refractivity contribution in [1.82, 2.24) is 9.13 Å². The minimum atomic E-state index is -0.279. The third kappa shape index (κ3) is 6.97. The Morgan fingerprint density at radius 2 is 0.602 bits per heavy atom. The molecule has 1 spiro atoms. The molecule has 386 valence electrons. The van der Waals surface area contributed by atoms with Gasteiger partial charge in [0.25, 0.3) is 0 Å². The Morgan fingerprint density at radius 3 is 1.07 bits per heavy atom. The highest BCUT2D eigenvalue weighted by Gasteiger charge is 2.49. The highest BCUT2D eigenvalue weighted by molar-refractivity contribution is 6.12. The predicted octanol–water partition coefficient (Wildman–Crippen LogP) is 21.3. The minimum absolute atomic E-state index is 0.279. The second-order valence-electron chi connectivity index (χ2n) is 23.2. The fraction of sp³-hybridized carbons (Fsp3) is 0.0370. The molecular formula is C81H52N2. The van der Waals surface area contributed by atoms with Gasteiger partial charge in [-0.3, -0.25) is 0 Å². The lowest BCUT2D eigenvalue weighted by atomic mass is 9.72. The molecular weight excluding hydrogens is 1000 g/mol. The van der Waals surface area contributed by atoms with Gasteiger partial charge in [-0.05, 0) is 202 Å². The smallest absolute Gasteiger partial charge is 0.0541 e. The Balaban J connectivity index is 0.697. The minimum Gasteiger partial charge on any atom is -0.309 e. The summed E-state index contributed by atoms with van der Waals surface area (Å²) in [5.41, 5.74) is 25.2. The summed E-state index contributed by atoms with van der Waals surface area (Å²) in [6.45, 7) is 0. The van der Waals surface area contributed by atoms with Crippen LogP contribution < -0.4 is 0 Å².